The molecule has 5 heteroatoms. The smallest absolute Gasteiger partial charge is 0.341 e. The molecule has 222 valence electrons. The molecule has 0 aliphatic rings. The predicted octanol–water partition coefficient (Wildman–Crippen LogP) is 8.30. The summed E-state index contributed by atoms with van der Waals surface area (Å²) in [6, 6.07) is 37.1. The quantitative estimate of drug-likeness (QED) is 0.154. The zero-order valence-electron chi connectivity index (χ0n) is 25.0. The Kier molecular flexibility index (Phi) is 9.56. The molecule has 0 saturated carbocycles. The largest absolute Gasteiger partial charge is 0.482 e. The summed E-state index contributed by atoms with van der Waals surface area (Å²) in [6.45, 7) is 3.85. The van der Waals surface area contributed by atoms with Crippen LogP contribution in [0, 0.1) is 13.8 Å². The van der Waals surface area contributed by atoms with Crippen molar-refractivity contribution in [3.05, 3.63) is 148 Å². The molecule has 0 aliphatic carbocycles. The highest BCUT2D eigenvalue weighted by Gasteiger charge is 2.16. The average Bonchev–Trinajstić information content (AvgIpc) is 3.00. The topological polar surface area (TPSA) is 83.8 Å². The van der Waals surface area contributed by atoms with Crippen LogP contribution in [0.3, 0.4) is 0 Å². The molecule has 0 amide bonds. The van der Waals surface area contributed by atoms with Gasteiger partial charge in [-0.05, 0) is 100 Å². The minimum Gasteiger partial charge on any atom is -0.482 e. The van der Waals surface area contributed by atoms with Crippen molar-refractivity contribution in [2.24, 2.45) is 0 Å². The number of carbonyl (C=O) groups is 2. The second-order valence-corrected chi connectivity index (χ2v) is 11.2. The Balaban J connectivity index is 1.53. The molecule has 0 unspecified atom stereocenters. The van der Waals surface area contributed by atoms with Crippen LogP contribution in [0.5, 0.6) is 5.75 Å². The Labute approximate surface area is 258 Å². The van der Waals surface area contributed by atoms with Crippen molar-refractivity contribution < 1.29 is 24.5 Å². The monoisotopic (exact) mass is 584 g/mol. The van der Waals surface area contributed by atoms with Crippen LogP contribution in [0.25, 0.3) is 22.3 Å². The second-order valence-electron chi connectivity index (χ2n) is 11.2. The number of aryl methyl sites for hydroxylation is 3. The molecular formula is C39H36O5. The van der Waals surface area contributed by atoms with Gasteiger partial charge in [-0.15, -0.1) is 0 Å². The Hall–Kier alpha value is -5.16. The van der Waals surface area contributed by atoms with Gasteiger partial charge >= 0.3 is 11.9 Å². The van der Waals surface area contributed by atoms with Gasteiger partial charge in [-0.2, -0.15) is 0 Å². The fraction of sp³-hybridized carbons (Fsp3) is 0.179. The van der Waals surface area contributed by atoms with E-state index in [0.717, 1.165) is 62.1 Å². The molecule has 5 aromatic carbocycles. The summed E-state index contributed by atoms with van der Waals surface area (Å²) >= 11 is 0. The van der Waals surface area contributed by atoms with Gasteiger partial charge in [0.2, 0.25) is 0 Å². The van der Waals surface area contributed by atoms with Gasteiger partial charge in [-0.25, -0.2) is 4.79 Å². The molecule has 0 aliphatic heterocycles. The first-order chi connectivity index (χ1) is 21.3. The van der Waals surface area contributed by atoms with E-state index >= 15 is 0 Å². The molecule has 0 fully saturated rings. The van der Waals surface area contributed by atoms with Gasteiger partial charge < -0.3 is 14.9 Å². The SMILES string of the molecule is Cc1cc(-c2ccc(CCC(=O)O)cc2Cc2ccccc2)cc(C)c1-c1ccc(OCC(=O)O)c(Cc2ccccc2)c1. The molecule has 0 saturated heterocycles. The lowest BCUT2D eigenvalue weighted by molar-refractivity contribution is -0.139. The maximum absolute atomic E-state index is 11.2. The molecule has 0 bridgehead atoms. The van der Waals surface area contributed by atoms with E-state index in [1.54, 1.807) is 0 Å². The van der Waals surface area contributed by atoms with Crippen molar-refractivity contribution in [3.63, 3.8) is 0 Å². The normalized spacial score (nSPS) is 10.9. The third-order valence-electron chi connectivity index (χ3n) is 7.82. The molecule has 5 nitrogen and oxygen atoms in total. The molecule has 0 heterocycles. The summed E-state index contributed by atoms with van der Waals surface area (Å²) in [5.74, 6) is -1.24. The van der Waals surface area contributed by atoms with Crippen LogP contribution in [-0.4, -0.2) is 28.8 Å². The lowest BCUT2D eigenvalue weighted by Crippen LogP contribution is -2.10. The summed E-state index contributed by atoms with van der Waals surface area (Å²) < 4.78 is 5.67. The third-order valence-corrected chi connectivity index (χ3v) is 7.82. The van der Waals surface area contributed by atoms with Gasteiger partial charge in [0.15, 0.2) is 6.61 Å². The van der Waals surface area contributed by atoms with Crippen LogP contribution in [0.15, 0.2) is 109 Å². The third kappa shape index (κ3) is 7.61. The number of ether oxygens (including phenoxy) is 1. The Morgan fingerprint density at radius 3 is 1.82 bits per heavy atom. The van der Waals surface area contributed by atoms with Crippen LogP contribution in [-0.2, 0) is 28.9 Å². The van der Waals surface area contributed by atoms with Crippen molar-refractivity contribution in [1.82, 2.24) is 0 Å². The average molecular weight is 585 g/mol. The van der Waals surface area contributed by atoms with E-state index in [4.69, 9.17) is 4.74 Å². The molecule has 5 rings (SSSR count). The number of rotatable bonds is 12. The first-order valence-electron chi connectivity index (χ1n) is 14.8. The number of benzene rings is 5. The van der Waals surface area contributed by atoms with Crippen LogP contribution in [0.2, 0.25) is 0 Å². The molecule has 44 heavy (non-hydrogen) atoms. The number of carboxylic acids is 2. The summed E-state index contributed by atoms with van der Waals surface area (Å²) in [5, 5.41) is 18.4. The van der Waals surface area contributed by atoms with Crippen molar-refractivity contribution in [2.45, 2.75) is 39.5 Å². The Morgan fingerprint density at radius 1 is 0.614 bits per heavy atom. The van der Waals surface area contributed by atoms with Gasteiger partial charge in [0, 0.05) is 12.8 Å². The highest BCUT2D eigenvalue weighted by atomic mass is 16.5. The summed E-state index contributed by atoms with van der Waals surface area (Å²) in [5.41, 5.74) is 12.1. The summed E-state index contributed by atoms with van der Waals surface area (Å²) in [6.07, 6.45) is 1.96. The van der Waals surface area contributed by atoms with Gasteiger partial charge in [0.1, 0.15) is 5.75 Å². The predicted molar refractivity (Wildman–Crippen MR) is 174 cm³/mol. The highest BCUT2D eigenvalue weighted by molar-refractivity contribution is 5.79. The fourth-order valence-corrected chi connectivity index (χ4v) is 5.84. The van der Waals surface area contributed by atoms with Gasteiger partial charge in [-0.1, -0.05) is 97.1 Å². The van der Waals surface area contributed by atoms with Crippen LogP contribution >= 0.6 is 0 Å². The number of hydrogen-bond acceptors (Lipinski definition) is 3. The standard InChI is InChI=1S/C39H36O5/c1-26-19-32(35-16-13-30(14-18-37(40)41)22-33(35)21-28-9-5-3-6-10-28)20-27(2)39(26)31-15-17-36(44-25-38(42)43)34(24-31)23-29-11-7-4-8-12-29/h3-13,15-17,19-20,22,24H,14,18,21,23,25H2,1-2H3,(H,40,41)(H,42,43). The lowest BCUT2D eigenvalue weighted by atomic mass is 9.87. The summed E-state index contributed by atoms with van der Waals surface area (Å²) in [4.78, 5) is 22.4. The van der Waals surface area contributed by atoms with Crippen molar-refractivity contribution >= 4 is 11.9 Å². The van der Waals surface area contributed by atoms with Gasteiger partial charge in [0.25, 0.3) is 0 Å². The first kappa shape index (κ1) is 30.3. The number of aliphatic carboxylic acids is 2. The zero-order valence-corrected chi connectivity index (χ0v) is 25.0. The van der Waals surface area contributed by atoms with Crippen LogP contribution in [0.1, 0.15) is 45.4 Å². The fourth-order valence-electron chi connectivity index (χ4n) is 5.84. The van der Waals surface area contributed by atoms with Crippen molar-refractivity contribution in [2.75, 3.05) is 6.61 Å². The minimum atomic E-state index is -1.01. The van der Waals surface area contributed by atoms with E-state index in [0.29, 0.717) is 18.6 Å². The second kappa shape index (κ2) is 13.9. The molecule has 2 N–H and O–H groups in total. The van der Waals surface area contributed by atoms with E-state index in [1.165, 1.54) is 5.56 Å². The van der Waals surface area contributed by atoms with E-state index in [-0.39, 0.29) is 6.42 Å². The lowest BCUT2D eigenvalue weighted by Gasteiger charge is -2.18. The van der Waals surface area contributed by atoms with Gasteiger partial charge in [0.05, 0.1) is 0 Å². The summed E-state index contributed by atoms with van der Waals surface area (Å²) in [7, 11) is 0. The molecule has 0 aromatic heterocycles. The minimum absolute atomic E-state index is 0.101. The maximum Gasteiger partial charge on any atom is 0.341 e. The molecule has 0 spiro atoms. The first-order valence-corrected chi connectivity index (χ1v) is 14.8. The molecule has 0 atom stereocenters. The van der Waals surface area contributed by atoms with E-state index in [9.17, 15) is 19.8 Å². The molecule has 5 aromatic rings. The number of carboxylic acid groups (broad SMARTS) is 2. The van der Waals surface area contributed by atoms with E-state index in [2.05, 4.69) is 68.4 Å². The Bertz CT molecular complexity index is 1750. The van der Waals surface area contributed by atoms with E-state index < -0.39 is 18.5 Å². The zero-order chi connectivity index (χ0) is 31.1. The van der Waals surface area contributed by atoms with Crippen LogP contribution in [0.4, 0.5) is 0 Å². The van der Waals surface area contributed by atoms with Crippen molar-refractivity contribution in [1.29, 1.82) is 0 Å². The van der Waals surface area contributed by atoms with Crippen molar-refractivity contribution in [3.8, 4) is 28.0 Å². The Morgan fingerprint density at radius 2 is 1.23 bits per heavy atom. The molecular weight excluding hydrogens is 548 g/mol. The van der Waals surface area contributed by atoms with Crippen LogP contribution < -0.4 is 4.74 Å². The molecule has 0 radical (unpaired) electrons. The maximum atomic E-state index is 11.2. The number of hydrogen-bond donors (Lipinski definition) is 2. The van der Waals surface area contributed by atoms with E-state index in [1.807, 2.05) is 54.6 Å². The van der Waals surface area contributed by atoms with Gasteiger partial charge in [-0.3, -0.25) is 4.79 Å². The highest BCUT2D eigenvalue weighted by Crippen LogP contribution is 2.37.